The van der Waals surface area contributed by atoms with Crippen LogP contribution in [0.15, 0.2) is 5.16 Å². The molecular weight excluding hydrogens is 272 g/mol. The molecular formula is C14H28N4O3. The SMILES string of the molecule is CCOC(=O)N1CCC(NCCC(C)(C)C(N)=NO)CC1. The lowest BCUT2D eigenvalue weighted by molar-refractivity contribution is 0.0950. The molecule has 0 atom stereocenters. The number of piperidine rings is 1. The molecule has 0 aromatic rings. The van der Waals surface area contributed by atoms with E-state index in [1.807, 2.05) is 20.8 Å². The first-order valence-corrected chi connectivity index (χ1v) is 7.53. The lowest BCUT2D eigenvalue weighted by atomic mass is 9.88. The third-order valence-electron chi connectivity index (χ3n) is 4.01. The van der Waals surface area contributed by atoms with Crippen molar-refractivity contribution in [3.8, 4) is 0 Å². The summed E-state index contributed by atoms with van der Waals surface area (Å²) in [5, 5.41) is 15.3. The van der Waals surface area contributed by atoms with Gasteiger partial charge in [0.15, 0.2) is 0 Å². The van der Waals surface area contributed by atoms with Gasteiger partial charge < -0.3 is 25.9 Å². The van der Waals surface area contributed by atoms with Crippen LogP contribution in [-0.4, -0.2) is 54.3 Å². The number of rotatable bonds is 6. The van der Waals surface area contributed by atoms with Crippen LogP contribution >= 0.6 is 0 Å². The van der Waals surface area contributed by atoms with E-state index in [-0.39, 0.29) is 17.3 Å². The predicted molar refractivity (Wildman–Crippen MR) is 81.4 cm³/mol. The molecule has 1 aliphatic heterocycles. The standard InChI is InChI=1S/C14H28N4O3/c1-4-21-13(19)18-9-5-11(6-10-18)16-8-7-14(2,3)12(15)17-20/h11,16,20H,4-10H2,1-3H3,(H2,15,17). The van der Waals surface area contributed by atoms with Gasteiger partial charge in [-0.2, -0.15) is 0 Å². The Morgan fingerprint density at radius 1 is 1.48 bits per heavy atom. The fourth-order valence-electron chi connectivity index (χ4n) is 2.33. The Balaban J connectivity index is 2.26. The molecule has 0 aromatic carbocycles. The van der Waals surface area contributed by atoms with Gasteiger partial charge in [0, 0.05) is 24.5 Å². The monoisotopic (exact) mass is 300 g/mol. The number of nitrogens with two attached hydrogens (primary N) is 1. The second-order valence-electron chi connectivity index (χ2n) is 6.03. The summed E-state index contributed by atoms with van der Waals surface area (Å²) >= 11 is 0. The van der Waals surface area contributed by atoms with Crippen molar-refractivity contribution in [3.05, 3.63) is 0 Å². The van der Waals surface area contributed by atoms with Crippen molar-refractivity contribution < 1.29 is 14.7 Å². The highest BCUT2D eigenvalue weighted by atomic mass is 16.6. The van der Waals surface area contributed by atoms with E-state index in [0.29, 0.717) is 12.6 Å². The van der Waals surface area contributed by atoms with Gasteiger partial charge in [-0.1, -0.05) is 19.0 Å². The molecule has 0 aromatic heterocycles. The van der Waals surface area contributed by atoms with Gasteiger partial charge in [0.05, 0.1) is 6.61 Å². The molecule has 0 spiro atoms. The lowest BCUT2D eigenvalue weighted by Gasteiger charge is -2.32. The second-order valence-corrected chi connectivity index (χ2v) is 6.03. The summed E-state index contributed by atoms with van der Waals surface area (Å²) < 4.78 is 5.00. The molecule has 7 heteroatoms. The minimum Gasteiger partial charge on any atom is -0.450 e. The summed E-state index contributed by atoms with van der Waals surface area (Å²) in [5.41, 5.74) is 5.34. The minimum absolute atomic E-state index is 0.219. The molecule has 0 aliphatic carbocycles. The number of carbonyl (C=O) groups is 1. The molecule has 1 heterocycles. The van der Waals surface area contributed by atoms with Gasteiger partial charge in [-0.25, -0.2) is 4.79 Å². The van der Waals surface area contributed by atoms with Crippen LogP contribution in [0.25, 0.3) is 0 Å². The van der Waals surface area contributed by atoms with Crippen molar-refractivity contribution >= 4 is 11.9 Å². The average Bonchev–Trinajstić information content (AvgIpc) is 2.47. The van der Waals surface area contributed by atoms with Crippen LogP contribution in [-0.2, 0) is 4.74 Å². The van der Waals surface area contributed by atoms with E-state index < -0.39 is 0 Å². The van der Waals surface area contributed by atoms with E-state index in [1.54, 1.807) is 4.90 Å². The molecule has 1 amide bonds. The Labute approximate surface area is 126 Å². The van der Waals surface area contributed by atoms with E-state index in [1.165, 1.54) is 0 Å². The normalized spacial score (nSPS) is 17.9. The van der Waals surface area contributed by atoms with E-state index in [9.17, 15) is 4.79 Å². The molecule has 0 saturated carbocycles. The second kappa shape index (κ2) is 8.07. The molecule has 21 heavy (non-hydrogen) atoms. The van der Waals surface area contributed by atoms with E-state index in [0.717, 1.165) is 38.9 Å². The summed E-state index contributed by atoms with van der Waals surface area (Å²) in [6, 6.07) is 0.402. The highest BCUT2D eigenvalue weighted by Crippen LogP contribution is 2.20. The van der Waals surface area contributed by atoms with Crippen LogP contribution in [0.4, 0.5) is 4.79 Å². The van der Waals surface area contributed by atoms with Crippen molar-refractivity contribution in [1.82, 2.24) is 10.2 Å². The van der Waals surface area contributed by atoms with Crippen molar-refractivity contribution in [3.63, 3.8) is 0 Å². The third-order valence-corrected chi connectivity index (χ3v) is 4.01. The first-order chi connectivity index (χ1) is 9.90. The quantitative estimate of drug-likeness (QED) is 0.298. The molecule has 4 N–H and O–H groups in total. The third kappa shape index (κ3) is 5.41. The summed E-state index contributed by atoms with van der Waals surface area (Å²) in [5.74, 6) is 0.251. The first-order valence-electron chi connectivity index (χ1n) is 7.53. The van der Waals surface area contributed by atoms with Gasteiger partial charge in [-0.15, -0.1) is 0 Å². The predicted octanol–water partition coefficient (Wildman–Crippen LogP) is 1.36. The smallest absolute Gasteiger partial charge is 0.409 e. The molecule has 122 valence electrons. The number of ether oxygens (including phenoxy) is 1. The maximum atomic E-state index is 11.6. The molecule has 0 radical (unpaired) electrons. The Morgan fingerprint density at radius 3 is 2.62 bits per heavy atom. The summed E-state index contributed by atoms with van der Waals surface area (Å²) in [4.78, 5) is 13.3. The fraction of sp³-hybridized carbons (Fsp3) is 0.857. The molecule has 7 nitrogen and oxygen atoms in total. The number of hydrogen-bond donors (Lipinski definition) is 3. The lowest BCUT2D eigenvalue weighted by Crippen LogP contribution is -2.46. The largest absolute Gasteiger partial charge is 0.450 e. The number of nitrogens with one attached hydrogen (secondary N) is 1. The Kier molecular flexibility index (Phi) is 6.74. The zero-order valence-corrected chi connectivity index (χ0v) is 13.3. The summed E-state index contributed by atoms with van der Waals surface area (Å²) in [7, 11) is 0. The summed E-state index contributed by atoms with van der Waals surface area (Å²) in [6.45, 7) is 8.38. The zero-order chi connectivity index (χ0) is 15.9. The van der Waals surface area contributed by atoms with Gasteiger partial charge in [-0.05, 0) is 32.7 Å². The van der Waals surface area contributed by atoms with Gasteiger partial charge in [0.1, 0.15) is 5.84 Å². The van der Waals surface area contributed by atoms with Crippen LogP contribution in [0.5, 0.6) is 0 Å². The van der Waals surface area contributed by atoms with E-state index in [4.69, 9.17) is 15.7 Å². The summed E-state index contributed by atoms with van der Waals surface area (Å²) in [6.07, 6.45) is 2.41. The zero-order valence-electron chi connectivity index (χ0n) is 13.3. The molecule has 0 bridgehead atoms. The molecule has 1 aliphatic rings. The van der Waals surface area contributed by atoms with E-state index >= 15 is 0 Å². The molecule has 1 rings (SSSR count). The van der Waals surface area contributed by atoms with Crippen LogP contribution < -0.4 is 11.1 Å². The van der Waals surface area contributed by atoms with Crippen molar-refractivity contribution in [2.24, 2.45) is 16.3 Å². The van der Waals surface area contributed by atoms with Crippen LogP contribution in [0.1, 0.15) is 40.0 Å². The Morgan fingerprint density at radius 2 is 2.10 bits per heavy atom. The van der Waals surface area contributed by atoms with Crippen LogP contribution in [0.3, 0.4) is 0 Å². The maximum absolute atomic E-state index is 11.6. The highest BCUT2D eigenvalue weighted by molar-refractivity contribution is 5.85. The number of hydrogen-bond acceptors (Lipinski definition) is 5. The topological polar surface area (TPSA) is 100 Å². The number of amidine groups is 1. The first kappa shape index (κ1) is 17.6. The highest BCUT2D eigenvalue weighted by Gasteiger charge is 2.26. The van der Waals surface area contributed by atoms with Crippen molar-refractivity contribution in [2.75, 3.05) is 26.2 Å². The molecule has 1 fully saturated rings. The van der Waals surface area contributed by atoms with Crippen molar-refractivity contribution in [2.45, 2.75) is 46.1 Å². The molecule has 0 unspecified atom stereocenters. The van der Waals surface area contributed by atoms with Crippen LogP contribution in [0, 0.1) is 5.41 Å². The number of amides is 1. The van der Waals surface area contributed by atoms with E-state index in [2.05, 4.69) is 10.5 Å². The number of carbonyl (C=O) groups excluding carboxylic acids is 1. The van der Waals surface area contributed by atoms with Gasteiger partial charge in [-0.3, -0.25) is 0 Å². The number of likely N-dealkylation sites (tertiary alicyclic amines) is 1. The average molecular weight is 300 g/mol. The van der Waals surface area contributed by atoms with Gasteiger partial charge >= 0.3 is 6.09 Å². The molecule has 1 saturated heterocycles. The Bertz CT molecular complexity index is 363. The van der Waals surface area contributed by atoms with Gasteiger partial charge in [0.25, 0.3) is 0 Å². The fourth-order valence-corrected chi connectivity index (χ4v) is 2.33. The maximum Gasteiger partial charge on any atom is 0.409 e. The van der Waals surface area contributed by atoms with Crippen LogP contribution in [0.2, 0.25) is 0 Å². The van der Waals surface area contributed by atoms with Gasteiger partial charge in [0.2, 0.25) is 0 Å². The number of oxime groups is 1. The minimum atomic E-state index is -0.326. The Hall–Kier alpha value is -1.50. The number of nitrogens with zero attached hydrogens (tertiary/aromatic N) is 2. The van der Waals surface area contributed by atoms with Crippen molar-refractivity contribution in [1.29, 1.82) is 0 Å².